The van der Waals surface area contributed by atoms with Crippen LogP contribution in [0.25, 0.3) is 4.96 Å². The van der Waals surface area contributed by atoms with E-state index in [-0.39, 0.29) is 0 Å². The molecule has 1 atom stereocenters. The number of likely N-dealkylation sites (N-methyl/N-ethyl adjacent to an activating group) is 1. The lowest BCUT2D eigenvalue weighted by molar-refractivity contribution is 0.304. The van der Waals surface area contributed by atoms with Gasteiger partial charge in [0.05, 0.1) is 11.4 Å². The summed E-state index contributed by atoms with van der Waals surface area (Å²) < 4.78 is 2.29. The number of hydrogen-bond donors (Lipinski definition) is 1. The van der Waals surface area contributed by atoms with E-state index in [1.165, 1.54) is 17.8 Å². The molecular weight excluding hydrogens is 280 g/mol. The number of aromatic nitrogens is 2. The Balaban J connectivity index is 2.11. The molecule has 0 aliphatic carbocycles. The zero-order valence-corrected chi connectivity index (χ0v) is 14.9. The van der Waals surface area contributed by atoms with Crippen molar-refractivity contribution in [3.63, 3.8) is 0 Å². The molecule has 21 heavy (non-hydrogen) atoms. The van der Waals surface area contributed by atoms with E-state index in [1.807, 2.05) is 0 Å². The minimum atomic E-state index is 0.517. The second-order valence-electron chi connectivity index (χ2n) is 6.61. The topological polar surface area (TPSA) is 32.6 Å². The smallest absolute Gasteiger partial charge is 0.194 e. The van der Waals surface area contributed by atoms with Crippen LogP contribution in [0.4, 0.5) is 0 Å². The summed E-state index contributed by atoms with van der Waals surface area (Å²) in [7, 11) is 4.28. The van der Waals surface area contributed by atoms with E-state index in [0.29, 0.717) is 12.0 Å². The first-order chi connectivity index (χ1) is 9.88. The summed E-state index contributed by atoms with van der Waals surface area (Å²) in [5.74, 6) is 0.705. The van der Waals surface area contributed by atoms with E-state index in [9.17, 15) is 0 Å². The van der Waals surface area contributed by atoms with E-state index in [2.05, 4.69) is 66.8 Å². The number of thiazole rings is 1. The van der Waals surface area contributed by atoms with Gasteiger partial charge in [-0.25, -0.2) is 4.98 Å². The summed E-state index contributed by atoms with van der Waals surface area (Å²) in [5, 5.41) is 5.91. The summed E-state index contributed by atoms with van der Waals surface area (Å²) in [6.45, 7) is 10.8. The van der Waals surface area contributed by atoms with Crippen LogP contribution in [0.2, 0.25) is 0 Å². The lowest BCUT2D eigenvalue weighted by Crippen LogP contribution is -2.39. The maximum atomic E-state index is 4.66. The van der Waals surface area contributed by atoms with Crippen LogP contribution >= 0.6 is 11.3 Å². The molecule has 1 N–H and O–H groups in total. The van der Waals surface area contributed by atoms with Crippen molar-refractivity contribution in [1.82, 2.24) is 19.6 Å². The minimum absolute atomic E-state index is 0.517. The first kappa shape index (κ1) is 16.5. The third-order valence-electron chi connectivity index (χ3n) is 3.73. The monoisotopic (exact) mass is 308 g/mol. The van der Waals surface area contributed by atoms with Crippen LogP contribution in [-0.4, -0.2) is 41.0 Å². The maximum Gasteiger partial charge on any atom is 0.194 e. The molecule has 2 aromatic rings. The quantitative estimate of drug-likeness (QED) is 0.853. The molecule has 0 saturated heterocycles. The van der Waals surface area contributed by atoms with Crippen LogP contribution in [-0.2, 0) is 6.54 Å². The minimum Gasteiger partial charge on any atom is -0.308 e. The Morgan fingerprint density at radius 3 is 2.67 bits per heavy atom. The normalized spacial score (nSPS) is 13.7. The van der Waals surface area contributed by atoms with Crippen molar-refractivity contribution in [1.29, 1.82) is 0 Å². The molecule has 2 rings (SSSR count). The Kier molecular flexibility index (Phi) is 5.41. The van der Waals surface area contributed by atoms with Crippen LogP contribution in [0.1, 0.15) is 37.4 Å². The Labute approximate surface area is 132 Å². The number of fused-ring (bicyclic) bond motifs is 1. The van der Waals surface area contributed by atoms with Gasteiger partial charge in [0, 0.05) is 30.2 Å². The molecule has 1 unspecified atom stereocenters. The van der Waals surface area contributed by atoms with Crippen molar-refractivity contribution < 1.29 is 0 Å². The molecule has 0 saturated carbocycles. The highest BCUT2D eigenvalue weighted by molar-refractivity contribution is 7.15. The van der Waals surface area contributed by atoms with Crippen molar-refractivity contribution in [3.8, 4) is 0 Å². The fraction of sp³-hybridized carbons (Fsp3) is 0.688. The number of hydrogen-bond acceptors (Lipinski definition) is 4. The fourth-order valence-electron chi connectivity index (χ4n) is 2.85. The van der Waals surface area contributed by atoms with Gasteiger partial charge in [-0.05, 0) is 40.3 Å². The average Bonchev–Trinajstić information content (AvgIpc) is 2.85. The van der Waals surface area contributed by atoms with Gasteiger partial charge in [0.15, 0.2) is 4.96 Å². The standard InChI is InChI=1S/C16H28N4S/c1-11(2)7-14(9-19(5)6)17-8-15-13(4)18-16-20(15)12(3)10-21-16/h10-11,14,17H,7-9H2,1-6H3. The number of nitrogens with one attached hydrogen (secondary N) is 1. The van der Waals surface area contributed by atoms with Crippen LogP contribution in [0.3, 0.4) is 0 Å². The number of rotatable bonds is 7. The fourth-order valence-corrected chi connectivity index (χ4v) is 3.78. The number of aryl methyl sites for hydroxylation is 2. The predicted molar refractivity (Wildman–Crippen MR) is 91.2 cm³/mol. The van der Waals surface area contributed by atoms with Gasteiger partial charge in [-0.1, -0.05) is 13.8 Å². The Bertz CT molecular complexity index is 572. The molecule has 118 valence electrons. The van der Waals surface area contributed by atoms with Crippen LogP contribution in [0, 0.1) is 19.8 Å². The lowest BCUT2D eigenvalue weighted by atomic mass is 10.0. The number of imidazole rings is 1. The van der Waals surface area contributed by atoms with Gasteiger partial charge in [-0.3, -0.25) is 4.40 Å². The molecule has 0 spiro atoms. The molecule has 4 nitrogen and oxygen atoms in total. The largest absolute Gasteiger partial charge is 0.308 e. The summed E-state index contributed by atoms with van der Waals surface area (Å²) >= 11 is 1.72. The lowest BCUT2D eigenvalue weighted by Gasteiger charge is -2.24. The van der Waals surface area contributed by atoms with Crippen LogP contribution < -0.4 is 5.32 Å². The van der Waals surface area contributed by atoms with Crippen molar-refractivity contribution in [2.24, 2.45) is 5.92 Å². The van der Waals surface area contributed by atoms with Gasteiger partial charge in [-0.2, -0.15) is 0 Å². The van der Waals surface area contributed by atoms with Gasteiger partial charge >= 0.3 is 0 Å². The van der Waals surface area contributed by atoms with Gasteiger partial charge in [0.2, 0.25) is 0 Å². The molecule has 2 heterocycles. The average molecular weight is 308 g/mol. The molecule has 0 fully saturated rings. The van der Waals surface area contributed by atoms with E-state index < -0.39 is 0 Å². The molecule has 0 bridgehead atoms. The van der Waals surface area contributed by atoms with Crippen LogP contribution in [0.5, 0.6) is 0 Å². The highest BCUT2D eigenvalue weighted by atomic mass is 32.1. The first-order valence-corrected chi connectivity index (χ1v) is 8.56. The Morgan fingerprint density at radius 2 is 2.05 bits per heavy atom. The number of nitrogens with zero attached hydrogens (tertiary/aromatic N) is 3. The van der Waals surface area contributed by atoms with E-state index in [1.54, 1.807) is 11.3 Å². The third-order valence-corrected chi connectivity index (χ3v) is 4.67. The zero-order valence-electron chi connectivity index (χ0n) is 14.1. The highest BCUT2D eigenvalue weighted by Gasteiger charge is 2.16. The zero-order chi connectivity index (χ0) is 15.6. The molecular formula is C16H28N4S. The second-order valence-corrected chi connectivity index (χ2v) is 7.45. The molecule has 0 aromatic carbocycles. The predicted octanol–water partition coefficient (Wildman–Crippen LogP) is 3.08. The van der Waals surface area contributed by atoms with Gasteiger partial charge in [-0.15, -0.1) is 11.3 Å². The summed E-state index contributed by atoms with van der Waals surface area (Å²) in [6, 6.07) is 0.517. The molecule has 2 aromatic heterocycles. The maximum absolute atomic E-state index is 4.66. The highest BCUT2D eigenvalue weighted by Crippen LogP contribution is 2.20. The van der Waals surface area contributed by atoms with E-state index in [0.717, 1.165) is 23.7 Å². The van der Waals surface area contributed by atoms with E-state index in [4.69, 9.17) is 0 Å². The van der Waals surface area contributed by atoms with Gasteiger partial charge < -0.3 is 10.2 Å². The van der Waals surface area contributed by atoms with Gasteiger partial charge in [0.25, 0.3) is 0 Å². The molecule has 0 aliphatic heterocycles. The third kappa shape index (κ3) is 4.05. The van der Waals surface area contributed by atoms with Crippen molar-refractivity contribution in [2.45, 2.75) is 46.7 Å². The summed E-state index contributed by atoms with van der Waals surface area (Å²) in [6.07, 6.45) is 1.20. The summed E-state index contributed by atoms with van der Waals surface area (Å²) in [5.41, 5.74) is 3.72. The van der Waals surface area contributed by atoms with Crippen molar-refractivity contribution in [2.75, 3.05) is 20.6 Å². The molecule has 0 radical (unpaired) electrons. The van der Waals surface area contributed by atoms with Gasteiger partial charge in [0.1, 0.15) is 0 Å². The van der Waals surface area contributed by atoms with Crippen molar-refractivity contribution >= 4 is 16.3 Å². The van der Waals surface area contributed by atoms with Crippen LogP contribution in [0.15, 0.2) is 5.38 Å². The van der Waals surface area contributed by atoms with E-state index >= 15 is 0 Å². The Morgan fingerprint density at radius 1 is 1.33 bits per heavy atom. The molecule has 0 amide bonds. The Hall–Kier alpha value is -0.910. The SMILES string of the molecule is Cc1nc2scc(C)n2c1CNC(CC(C)C)CN(C)C. The first-order valence-electron chi connectivity index (χ1n) is 7.68. The summed E-state index contributed by atoms with van der Waals surface area (Å²) in [4.78, 5) is 8.03. The van der Waals surface area contributed by atoms with Crippen molar-refractivity contribution in [3.05, 3.63) is 22.5 Å². The molecule has 5 heteroatoms. The molecule has 0 aliphatic rings. The second kappa shape index (κ2) is 6.90.